The van der Waals surface area contributed by atoms with E-state index in [0.29, 0.717) is 12.0 Å². The van der Waals surface area contributed by atoms with Crippen molar-refractivity contribution in [3.63, 3.8) is 0 Å². The summed E-state index contributed by atoms with van der Waals surface area (Å²) in [7, 11) is 1.62. The van der Waals surface area contributed by atoms with Crippen molar-refractivity contribution in [2.75, 3.05) is 13.6 Å². The van der Waals surface area contributed by atoms with Crippen LogP contribution in [0.2, 0.25) is 0 Å². The van der Waals surface area contributed by atoms with Crippen LogP contribution in [0.5, 0.6) is 5.75 Å². The molecule has 20 heavy (non-hydrogen) atoms. The van der Waals surface area contributed by atoms with Crippen molar-refractivity contribution in [2.24, 2.45) is 0 Å². The lowest BCUT2D eigenvalue weighted by molar-refractivity contribution is -0.131. The van der Waals surface area contributed by atoms with Crippen molar-refractivity contribution in [3.8, 4) is 5.75 Å². The maximum Gasteiger partial charge on any atom is 0.241 e. The van der Waals surface area contributed by atoms with E-state index in [1.165, 1.54) is 17.0 Å². The first kappa shape index (κ1) is 14.5. The lowest BCUT2D eigenvalue weighted by atomic mass is 10.1. The molecular weight excluding hydrogens is 258 g/mol. The van der Waals surface area contributed by atoms with Crippen molar-refractivity contribution in [2.45, 2.75) is 25.4 Å². The minimum absolute atomic E-state index is 0.0240. The molecule has 1 fully saturated rings. The third-order valence-corrected chi connectivity index (χ3v) is 3.34. The first-order chi connectivity index (χ1) is 9.47. The third-order valence-electron chi connectivity index (χ3n) is 3.34. The van der Waals surface area contributed by atoms with E-state index < -0.39 is 0 Å². The predicted octanol–water partition coefficient (Wildman–Crippen LogP) is 0.288. The second-order valence-electron chi connectivity index (χ2n) is 5.14. The van der Waals surface area contributed by atoms with Gasteiger partial charge in [-0.15, -0.1) is 0 Å². The topological polar surface area (TPSA) is 81.7 Å². The Hall–Kier alpha value is -1.92. The Kier molecular flexibility index (Phi) is 4.36. The average molecular weight is 277 g/mol. The number of amides is 1. The van der Waals surface area contributed by atoms with Gasteiger partial charge in [0, 0.05) is 18.7 Å². The molecule has 1 aliphatic rings. The number of aromatic hydroxyl groups is 1. The second kappa shape index (κ2) is 6.02. The molecule has 0 radical (unpaired) electrons. The quantitative estimate of drug-likeness (QED) is 0.689. The predicted molar refractivity (Wildman–Crippen MR) is 74.2 cm³/mol. The van der Waals surface area contributed by atoms with Crippen molar-refractivity contribution in [1.82, 2.24) is 15.8 Å². The number of benzene rings is 1. The monoisotopic (exact) mass is 277 g/mol. The number of rotatable bonds is 4. The molecule has 6 nitrogen and oxygen atoms in total. The van der Waals surface area contributed by atoms with Gasteiger partial charge < -0.3 is 10.0 Å². The van der Waals surface area contributed by atoms with Gasteiger partial charge in [-0.1, -0.05) is 0 Å². The number of likely N-dealkylation sites (N-methyl/N-ethyl adjacent to an activating group) is 1. The molecule has 1 saturated heterocycles. The molecule has 2 unspecified atom stereocenters. The van der Waals surface area contributed by atoms with Gasteiger partial charge in [0.15, 0.2) is 5.78 Å². The lowest BCUT2D eigenvalue weighted by Gasteiger charge is -2.20. The standard InChI is InChI=1S/C14H19N3O3/c1-9-7-12(16-15-9)14(20)17(2)8-13(19)10-3-5-11(18)6-4-10/h3-6,9,12,15-16,18H,7-8H2,1-2H3. The smallest absolute Gasteiger partial charge is 0.241 e. The molecule has 1 aliphatic heterocycles. The number of phenolic OH excluding ortho intramolecular Hbond substituents is 1. The van der Waals surface area contributed by atoms with E-state index in [1.54, 1.807) is 19.2 Å². The van der Waals surface area contributed by atoms with Crippen molar-refractivity contribution in [3.05, 3.63) is 29.8 Å². The highest BCUT2D eigenvalue weighted by Gasteiger charge is 2.29. The summed E-state index contributed by atoms with van der Waals surface area (Å²) in [6, 6.07) is 5.96. The average Bonchev–Trinajstić information content (AvgIpc) is 2.85. The van der Waals surface area contributed by atoms with Crippen LogP contribution in [0.3, 0.4) is 0 Å². The minimum Gasteiger partial charge on any atom is -0.508 e. The fraction of sp³-hybridized carbons (Fsp3) is 0.429. The summed E-state index contributed by atoms with van der Waals surface area (Å²) in [4.78, 5) is 25.6. The number of hydrogen-bond donors (Lipinski definition) is 3. The highest BCUT2D eigenvalue weighted by Crippen LogP contribution is 2.11. The van der Waals surface area contributed by atoms with Gasteiger partial charge in [0.05, 0.1) is 6.54 Å². The van der Waals surface area contributed by atoms with Crippen molar-refractivity contribution >= 4 is 11.7 Å². The van der Waals surface area contributed by atoms with Gasteiger partial charge >= 0.3 is 0 Å². The molecular formula is C14H19N3O3. The molecule has 6 heteroatoms. The molecule has 0 spiro atoms. The SMILES string of the molecule is CC1CC(C(=O)N(C)CC(=O)c2ccc(O)cc2)NN1. The van der Waals surface area contributed by atoms with Crippen LogP contribution in [0, 0.1) is 0 Å². The van der Waals surface area contributed by atoms with Gasteiger partial charge in [-0.2, -0.15) is 0 Å². The summed E-state index contributed by atoms with van der Waals surface area (Å²) in [6.45, 7) is 2.01. The van der Waals surface area contributed by atoms with Gasteiger partial charge in [-0.25, -0.2) is 5.43 Å². The van der Waals surface area contributed by atoms with E-state index in [9.17, 15) is 14.7 Å². The number of carbonyl (C=O) groups excluding carboxylic acids is 2. The first-order valence-electron chi connectivity index (χ1n) is 6.55. The van der Waals surface area contributed by atoms with E-state index >= 15 is 0 Å². The zero-order valence-electron chi connectivity index (χ0n) is 11.6. The minimum atomic E-state index is -0.289. The molecule has 0 aliphatic carbocycles. The maximum absolute atomic E-state index is 12.1. The van der Waals surface area contributed by atoms with Crippen molar-refractivity contribution in [1.29, 1.82) is 0 Å². The van der Waals surface area contributed by atoms with Crippen LogP contribution in [0.25, 0.3) is 0 Å². The zero-order chi connectivity index (χ0) is 14.7. The molecule has 1 amide bonds. The molecule has 2 atom stereocenters. The number of Topliss-reactive ketones (excluding diaryl/α,β-unsaturated/α-hetero) is 1. The van der Waals surface area contributed by atoms with Gasteiger partial charge in [-0.05, 0) is 37.6 Å². The number of ketones is 1. The summed E-state index contributed by atoms with van der Waals surface area (Å²) < 4.78 is 0. The largest absolute Gasteiger partial charge is 0.508 e. The third kappa shape index (κ3) is 3.34. The van der Waals surface area contributed by atoms with Crippen LogP contribution in [0.1, 0.15) is 23.7 Å². The van der Waals surface area contributed by atoms with Crippen LogP contribution in [0.15, 0.2) is 24.3 Å². The highest BCUT2D eigenvalue weighted by atomic mass is 16.3. The number of nitrogens with one attached hydrogen (secondary N) is 2. The number of hydrogen-bond acceptors (Lipinski definition) is 5. The van der Waals surface area contributed by atoms with Gasteiger partial charge in [0.25, 0.3) is 0 Å². The van der Waals surface area contributed by atoms with Crippen LogP contribution in [0.4, 0.5) is 0 Å². The fourth-order valence-corrected chi connectivity index (χ4v) is 2.17. The van der Waals surface area contributed by atoms with Crippen LogP contribution in [-0.2, 0) is 4.79 Å². The molecule has 1 aromatic rings. The van der Waals surface area contributed by atoms with E-state index in [1.807, 2.05) is 6.92 Å². The number of nitrogens with zero attached hydrogens (tertiary/aromatic N) is 1. The van der Waals surface area contributed by atoms with Crippen LogP contribution in [-0.4, -0.2) is 47.4 Å². The Morgan fingerprint density at radius 1 is 1.30 bits per heavy atom. The Morgan fingerprint density at radius 2 is 1.95 bits per heavy atom. The van der Waals surface area contributed by atoms with E-state index in [-0.39, 0.29) is 36.1 Å². The maximum atomic E-state index is 12.1. The van der Waals surface area contributed by atoms with E-state index in [0.717, 1.165) is 0 Å². The number of carbonyl (C=O) groups is 2. The van der Waals surface area contributed by atoms with Gasteiger partial charge in [0.1, 0.15) is 11.8 Å². The summed E-state index contributed by atoms with van der Waals surface area (Å²) >= 11 is 0. The molecule has 1 aromatic carbocycles. The summed E-state index contributed by atoms with van der Waals surface area (Å²) in [5.74, 6) is -0.143. The molecule has 2 rings (SSSR count). The Bertz CT molecular complexity index is 501. The highest BCUT2D eigenvalue weighted by molar-refractivity contribution is 5.99. The lowest BCUT2D eigenvalue weighted by Crippen LogP contribution is -2.45. The van der Waals surface area contributed by atoms with Crippen LogP contribution >= 0.6 is 0 Å². The summed E-state index contributed by atoms with van der Waals surface area (Å²) in [5.41, 5.74) is 6.39. The molecule has 1 heterocycles. The Balaban J connectivity index is 1.93. The molecule has 3 N–H and O–H groups in total. The van der Waals surface area contributed by atoms with Crippen molar-refractivity contribution < 1.29 is 14.7 Å². The van der Waals surface area contributed by atoms with E-state index in [2.05, 4.69) is 10.9 Å². The summed E-state index contributed by atoms with van der Waals surface area (Å²) in [6.07, 6.45) is 0.705. The zero-order valence-corrected chi connectivity index (χ0v) is 11.6. The van der Waals surface area contributed by atoms with Gasteiger partial charge in [0.2, 0.25) is 5.91 Å². The number of phenols is 1. The van der Waals surface area contributed by atoms with E-state index in [4.69, 9.17) is 0 Å². The number of hydrazine groups is 1. The molecule has 0 bridgehead atoms. The van der Waals surface area contributed by atoms with Gasteiger partial charge in [-0.3, -0.25) is 15.0 Å². The van der Waals surface area contributed by atoms with Crippen LogP contribution < -0.4 is 10.9 Å². The molecule has 108 valence electrons. The molecule has 0 aromatic heterocycles. The summed E-state index contributed by atoms with van der Waals surface area (Å²) in [5, 5.41) is 9.19. The Morgan fingerprint density at radius 3 is 2.50 bits per heavy atom. The second-order valence-corrected chi connectivity index (χ2v) is 5.14. The first-order valence-corrected chi connectivity index (χ1v) is 6.55. The normalized spacial score (nSPS) is 21.7. The fourth-order valence-electron chi connectivity index (χ4n) is 2.17. The Labute approximate surface area is 117 Å². The molecule has 0 saturated carbocycles.